The second-order valence-corrected chi connectivity index (χ2v) is 8.00. The zero-order valence-corrected chi connectivity index (χ0v) is 16.8. The van der Waals surface area contributed by atoms with Crippen LogP contribution in [-0.2, 0) is 11.2 Å². The molecule has 6 nitrogen and oxygen atoms in total. The van der Waals surface area contributed by atoms with Crippen molar-refractivity contribution in [2.75, 3.05) is 33.6 Å². The monoisotopic (exact) mass is 395 g/mol. The first kappa shape index (κ1) is 18.3. The van der Waals surface area contributed by atoms with Crippen LogP contribution in [0, 0.1) is 0 Å². The maximum atomic E-state index is 11.9. The number of Topliss-reactive ketones (excluding diaryl/α,β-unsaturated/α-hetero) is 1. The molecule has 0 aliphatic carbocycles. The van der Waals surface area contributed by atoms with Gasteiger partial charge in [-0.25, -0.2) is 0 Å². The van der Waals surface area contributed by atoms with Crippen LogP contribution in [0.15, 0.2) is 30.3 Å². The average molecular weight is 395 g/mol. The molecule has 5 rings (SSSR count). The molecule has 3 aliphatic heterocycles. The Labute approximate surface area is 170 Å². The lowest BCUT2D eigenvalue weighted by Gasteiger charge is -2.23. The Morgan fingerprint density at radius 3 is 2.86 bits per heavy atom. The van der Waals surface area contributed by atoms with E-state index in [2.05, 4.69) is 29.2 Å². The molecule has 1 fully saturated rings. The summed E-state index contributed by atoms with van der Waals surface area (Å²) < 4.78 is 22.3. The van der Waals surface area contributed by atoms with E-state index in [0.29, 0.717) is 18.0 Å². The summed E-state index contributed by atoms with van der Waals surface area (Å²) in [6.07, 6.45) is 1.89. The fourth-order valence-corrected chi connectivity index (χ4v) is 4.75. The van der Waals surface area contributed by atoms with Crippen molar-refractivity contribution in [1.82, 2.24) is 4.90 Å². The van der Waals surface area contributed by atoms with E-state index in [9.17, 15) is 4.79 Å². The Balaban J connectivity index is 1.46. The molecule has 1 saturated heterocycles. The lowest BCUT2D eigenvalue weighted by atomic mass is 9.92. The first-order valence-electron chi connectivity index (χ1n) is 10.1. The molecule has 0 radical (unpaired) electrons. The molecular weight excluding hydrogens is 370 g/mol. The van der Waals surface area contributed by atoms with Crippen LogP contribution in [0.4, 0.5) is 0 Å². The average Bonchev–Trinajstić information content (AvgIpc) is 3.44. The highest BCUT2D eigenvalue weighted by molar-refractivity contribution is 5.77. The summed E-state index contributed by atoms with van der Waals surface area (Å²) in [5.74, 6) is 3.56. The van der Waals surface area contributed by atoms with Crippen LogP contribution in [0.3, 0.4) is 0 Å². The number of carbonyl (C=O) groups excluding carboxylic acids is 1. The van der Waals surface area contributed by atoms with Gasteiger partial charge in [0.2, 0.25) is 12.5 Å². The molecule has 0 unspecified atom stereocenters. The Kier molecular flexibility index (Phi) is 4.59. The van der Waals surface area contributed by atoms with Crippen LogP contribution in [0.1, 0.15) is 42.0 Å². The quantitative estimate of drug-likeness (QED) is 0.773. The van der Waals surface area contributed by atoms with Crippen molar-refractivity contribution < 1.29 is 23.7 Å². The van der Waals surface area contributed by atoms with Crippen molar-refractivity contribution in [2.24, 2.45) is 0 Å². The molecule has 152 valence electrons. The van der Waals surface area contributed by atoms with E-state index < -0.39 is 0 Å². The lowest BCUT2D eigenvalue weighted by Crippen LogP contribution is -2.28. The van der Waals surface area contributed by atoms with E-state index >= 15 is 0 Å². The second-order valence-electron chi connectivity index (χ2n) is 8.00. The highest BCUT2D eigenvalue weighted by Crippen LogP contribution is 2.47. The van der Waals surface area contributed by atoms with E-state index in [1.165, 1.54) is 11.1 Å². The molecule has 2 aromatic carbocycles. The minimum Gasteiger partial charge on any atom is -0.493 e. The van der Waals surface area contributed by atoms with E-state index in [4.69, 9.17) is 18.9 Å². The van der Waals surface area contributed by atoms with Crippen molar-refractivity contribution in [3.05, 3.63) is 47.0 Å². The number of hydrogen-bond donors (Lipinski definition) is 0. The fourth-order valence-electron chi connectivity index (χ4n) is 4.75. The molecule has 0 N–H and O–H groups in total. The number of ketones is 1. The third-order valence-corrected chi connectivity index (χ3v) is 6.08. The number of likely N-dealkylation sites (tertiary alicyclic amines) is 1. The van der Waals surface area contributed by atoms with Gasteiger partial charge in [0.15, 0.2) is 11.5 Å². The zero-order chi connectivity index (χ0) is 20.0. The predicted molar refractivity (Wildman–Crippen MR) is 107 cm³/mol. The van der Waals surface area contributed by atoms with Gasteiger partial charge in [-0.2, -0.15) is 0 Å². The van der Waals surface area contributed by atoms with Crippen LogP contribution in [0.2, 0.25) is 0 Å². The van der Waals surface area contributed by atoms with Crippen molar-refractivity contribution in [3.63, 3.8) is 0 Å². The Morgan fingerprint density at radius 1 is 1.14 bits per heavy atom. The number of methoxy groups -OCH3 is 1. The van der Waals surface area contributed by atoms with Gasteiger partial charge in [0, 0.05) is 19.0 Å². The van der Waals surface area contributed by atoms with Gasteiger partial charge < -0.3 is 18.9 Å². The fraction of sp³-hybridized carbons (Fsp3) is 0.435. The van der Waals surface area contributed by atoms with Crippen molar-refractivity contribution >= 4 is 5.78 Å². The zero-order valence-electron chi connectivity index (χ0n) is 16.8. The Hall–Kier alpha value is -2.73. The maximum absolute atomic E-state index is 11.9. The minimum atomic E-state index is 0.184. The summed E-state index contributed by atoms with van der Waals surface area (Å²) in [4.78, 5) is 14.2. The summed E-state index contributed by atoms with van der Waals surface area (Å²) in [5, 5.41) is 0. The third kappa shape index (κ3) is 3.31. The third-order valence-electron chi connectivity index (χ3n) is 6.08. The number of hydrogen-bond acceptors (Lipinski definition) is 6. The van der Waals surface area contributed by atoms with Crippen LogP contribution in [-0.4, -0.2) is 44.3 Å². The van der Waals surface area contributed by atoms with Gasteiger partial charge in [-0.3, -0.25) is 9.69 Å². The number of rotatable bonds is 5. The molecule has 3 aliphatic rings. The summed E-state index contributed by atoms with van der Waals surface area (Å²) in [6.45, 7) is 3.90. The van der Waals surface area contributed by atoms with Gasteiger partial charge >= 0.3 is 0 Å². The molecule has 2 aromatic rings. The summed E-state index contributed by atoms with van der Waals surface area (Å²) >= 11 is 0. The smallest absolute Gasteiger partial charge is 0.231 e. The standard InChI is InChI=1S/C23H25NO5/c1-14(25)11-24-12-18(17-9-21(26-2)23-22(10-17)28-13-29-23)8-19(24)15-3-4-20-16(7-15)5-6-27-20/h3-4,7,9-10,18-19H,5-6,8,11-13H2,1-2H3/t18-,19-/m1/s1. The van der Waals surface area contributed by atoms with Gasteiger partial charge in [0.1, 0.15) is 11.5 Å². The first-order valence-corrected chi connectivity index (χ1v) is 10.1. The van der Waals surface area contributed by atoms with Crippen molar-refractivity contribution in [3.8, 4) is 23.0 Å². The topological polar surface area (TPSA) is 57.2 Å². The number of fused-ring (bicyclic) bond motifs is 2. The van der Waals surface area contributed by atoms with E-state index in [-0.39, 0.29) is 24.5 Å². The van der Waals surface area contributed by atoms with Gasteiger partial charge in [0.05, 0.1) is 20.3 Å². The molecular formula is C23H25NO5. The second kappa shape index (κ2) is 7.26. The molecule has 29 heavy (non-hydrogen) atoms. The van der Waals surface area contributed by atoms with Gasteiger partial charge in [-0.1, -0.05) is 12.1 Å². The minimum absolute atomic E-state index is 0.184. The van der Waals surface area contributed by atoms with Crippen LogP contribution in [0.25, 0.3) is 0 Å². The molecule has 0 bridgehead atoms. The van der Waals surface area contributed by atoms with E-state index in [1.54, 1.807) is 14.0 Å². The summed E-state index contributed by atoms with van der Waals surface area (Å²) in [7, 11) is 1.65. The molecule has 3 heterocycles. The number of carbonyl (C=O) groups is 1. The van der Waals surface area contributed by atoms with Crippen LogP contribution >= 0.6 is 0 Å². The number of benzene rings is 2. The van der Waals surface area contributed by atoms with Crippen molar-refractivity contribution in [2.45, 2.75) is 31.7 Å². The molecule has 0 spiro atoms. The Bertz CT molecular complexity index is 957. The molecule has 2 atom stereocenters. The maximum Gasteiger partial charge on any atom is 0.231 e. The van der Waals surface area contributed by atoms with Crippen molar-refractivity contribution in [1.29, 1.82) is 0 Å². The number of ether oxygens (including phenoxy) is 4. The van der Waals surface area contributed by atoms with Gasteiger partial charge in [0.25, 0.3) is 0 Å². The predicted octanol–water partition coefficient (Wildman–Crippen LogP) is 3.48. The number of nitrogens with zero attached hydrogens (tertiary/aromatic N) is 1. The lowest BCUT2D eigenvalue weighted by molar-refractivity contribution is -0.118. The molecule has 0 aromatic heterocycles. The SMILES string of the molecule is COc1cc([C@@H]2C[C@H](c3ccc4c(c3)CCO4)N(CC(C)=O)C2)cc2c1OCO2. The summed E-state index contributed by atoms with van der Waals surface area (Å²) in [5.41, 5.74) is 3.68. The first-order chi connectivity index (χ1) is 14.1. The highest BCUT2D eigenvalue weighted by Gasteiger charge is 2.36. The van der Waals surface area contributed by atoms with Crippen LogP contribution < -0.4 is 18.9 Å². The molecule has 0 amide bonds. The van der Waals surface area contributed by atoms with E-state index in [0.717, 1.165) is 43.1 Å². The molecule has 6 heteroatoms. The van der Waals surface area contributed by atoms with Gasteiger partial charge in [-0.15, -0.1) is 0 Å². The van der Waals surface area contributed by atoms with E-state index in [1.807, 2.05) is 6.07 Å². The Morgan fingerprint density at radius 2 is 2.03 bits per heavy atom. The van der Waals surface area contributed by atoms with Crippen LogP contribution in [0.5, 0.6) is 23.0 Å². The van der Waals surface area contributed by atoms with Gasteiger partial charge in [-0.05, 0) is 54.2 Å². The summed E-state index contributed by atoms with van der Waals surface area (Å²) in [6, 6.07) is 10.8. The highest BCUT2D eigenvalue weighted by atomic mass is 16.7. The largest absolute Gasteiger partial charge is 0.493 e. The normalized spacial score (nSPS) is 22.4. The molecule has 0 saturated carbocycles.